The molecule has 2 aromatic carbocycles. The summed E-state index contributed by atoms with van der Waals surface area (Å²) in [6, 6.07) is 14.2. The van der Waals surface area contributed by atoms with Crippen molar-refractivity contribution in [3.63, 3.8) is 0 Å². The molecule has 1 amide bonds. The lowest BCUT2D eigenvalue weighted by Gasteiger charge is -2.15. The van der Waals surface area contributed by atoms with Gasteiger partial charge in [-0.25, -0.2) is 4.98 Å². The van der Waals surface area contributed by atoms with Crippen molar-refractivity contribution < 1.29 is 9.53 Å². The van der Waals surface area contributed by atoms with Gasteiger partial charge in [-0.05, 0) is 43.3 Å². The minimum Gasteiger partial charge on any atom is -0.497 e. The van der Waals surface area contributed by atoms with E-state index < -0.39 is 11.2 Å². The summed E-state index contributed by atoms with van der Waals surface area (Å²) in [4.78, 5) is 29.0. The van der Waals surface area contributed by atoms with E-state index in [0.717, 1.165) is 11.8 Å². The molecule has 0 fully saturated rings. The van der Waals surface area contributed by atoms with Crippen molar-refractivity contribution in [3.8, 4) is 11.4 Å². The molecule has 0 spiro atoms. The van der Waals surface area contributed by atoms with Gasteiger partial charge in [0.1, 0.15) is 5.75 Å². The SMILES string of the molecule is COc1ccc(-n2c(S[C@H](C)C(N)=O)nc3ccccc3c2=O)cc1. The van der Waals surface area contributed by atoms with Crippen LogP contribution in [-0.2, 0) is 4.79 Å². The number of amides is 1. The summed E-state index contributed by atoms with van der Waals surface area (Å²) >= 11 is 1.16. The van der Waals surface area contributed by atoms with Crippen LogP contribution >= 0.6 is 11.8 Å². The number of benzene rings is 2. The minimum atomic E-state index is -0.516. The van der Waals surface area contributed by atoms with Crippen LogP contribution in [-0.4, -0.2) is 27.8 Å². The fraction of sp³-hybridized carbons (Fsp3) is 0.167. The number of fused-ring (bicyclic) bond motifs is 1. The van der Waals surface area contributed by atoms with E-state index in [2.05, 4.69) is 4.98 Å². The standard InChI is InChI=1S/C18H17N3O3S/c1-11(16(19)22)25-18-20-15-6-4-3-5-14(15)17(23)21(18)12-7-9-13(24-2)10-8-12/h3-11H,1-2H3,(H2,19,22)/t11-/m1/s1. The Balaban J connectivity index is 2.23. The maximum atomic E-state index is 13.0. The highest BCUT2D eigenvalue weighted by Gasteiger charge is 2.18. The van der Waals surface area contributed by atoms with Crippen LogP contribution in [0.2, 0.25) is 0 Å². The molecule has 0 unspecified atom stereocenters. The fourth-order valence-corrected chi connectivity index (χ4v) is 3.24. The monoisotopic (exact) mass is 355 g/mol. The van der Waals surface area contributed by atoms with Crippen molar-refractivity contribution in [2.24, 2.45) is 5.73 Å². The number of hydrogen-bond donors (Lipinski definition) is 1. The zero-order chi connectivity index (χ0) is 18.0. The van der Waals surface area contributed by atoms with Crippen LogP contribution in [0, 0.1) is 0 Å². The van der Waals surface area contributed by atoms with Crippen LogP contribution in [0.5, 0.6) is 5.75 Å². The van der Waals surface area contributed by atoms with Gasteiger partial charge in [-0.2, -0.15) is 0 Å². The van der Waals surface area contributed by atoms with Crippen LogP contribution in [0.15, 0.2) is 58.5 Å². The number of thioether (sulfide) groups is 1. The lowest BCUT2D eigenvalue weighted by molar-refractivity contribution is -0.117. The number of primary amides is 1. The van der Waals surface area contributed by atoms with Gasteiger partial charge < -0.3 is 10.5 Å². The van der Waals surface area contributed by atoms with Gasteiger partial charge in [0, 0.05) is 0 Å². The number of carbonyl (C=O) groups excluding carboxylic acids is 1. The Morgan fingerprint density at radius 2 is 1.88 bits per heavy atom. The number of hydrogen-bond acceptors (Lipinski definition) is 5. The van der Waals surface area contributed by atoms with E-state index in [9.17, 15) is 9.59 Å². The second kappa shape index (κ2) is 6.98. The van der Waals surface area contributed by atoms with E-state index in [1.54, 1.807) is 56.5 Å². The van der Waals surface area contributed by atoms with Gasteiger partial charge in [0.25, 0.3) is 5.56 Å². The average Bonchev–Trinajstić information content (AvgIpc) is 2.62. The summed E-state index contributed by atoms with van der Waals surface area (Å²) < 4.78 is 6.65. The van der Waals surface area contributed by atoms with Gasteiger partial charge >= 0.3 is 0 Å². The normalized spacial score (nSPS) is 12.1. The van der Waals surface area contributed by atoms with Crippen molar-refractivity contribution in [1.29, 1.82) is 0 Å². The molecular weight excluding hydrogens is 338 g/mol. The topological polar surface area (TPSA) is 87.2 Å². The Bertz CT molecular complexity index is 983. The lowest BCUT2D eigenvalue weighted by Crippen LogP contribution is -2.26. The van der Waals surface area contributed by atoms with E-state index in [0.29, 0.717) is 27.5 Å². The quantitative estimate of drug-likeness (QED) is 0.561. The summed E-state index contributed by atoms with van der Waals surface area (Å²) in [5.41, 5.74) is 6.39. The Kier molecular flexibility index (Phi) is 4.76. The van der Waals surface area contributed by atoms with Crippen molar-refractivity contribution in [2.45, 2.75) is 17.3 Å². The van der Waals surface area contributed by atoms with Gasteiger partial charge in [0.2, 0.25) is 5.91 Å². The number of carbonyl (C=O) groups is 1. The predicted octanol–water partition coefficient (Wildman–Crippen LogP) is 2.36. The lowest BCUT2D eigenvalue weighted by atomic mass is 10.2. The molecule has 1 aromatic heterocycles. The van der Waals surface area contributed by atoms with Gasteiger partial charge in [0.05, 0.1) is 29.0 Å². The van der Waals surface area contributed by atoms with E-state index in [1.165, 1.54) is 4.57 Å². The summed E-state index contributed by atoms with van der Waals surface area (Å²) in [6.45, 7) is 1.69. The number of nitrogens with zero attached hydrogens (tertiary/aromatic N) is 2. The molecule has 0 saturated carbocycles. The minimum absolute atomic E-state index is 0.199. The van der Waals surface area contributed by atoms with Crippen LogP contribution in [0.25, 0.3) is 16.6 Å². The molecule has 0 aliphatic rings. The second-order valence-electron chi connectivity index (χ2n) is 5.41. The molecule has 2 N–H and O–H groups in total. The van der Waals surface area contributed by atoms with E-state index in [1.807, 2.05) is 6.07 Å². The number of para-hydroxylation sites is 1. The molecule has 3 aromatic rings. The first-order valence-corrected chi connectivity index (χ1v) is 8.51. The molecule has 1 heterocycles. The molecule has 0 bridgehead atoms. The Labute approximate surface area is 148 Å². The summed E-state index contributed by atoms with van der Waals surface area (Å²) in [5.74, 6) is 0.221. The molecule has 0 radical (unpaired) electrons. The van der Waals surface area contributed by atoms with Crippen LogP contribution in [0.3, 0.4) is 0 Å². The van der Waals surface area contributed by atoms with Crippen LogP contribution < -0.4 is 16.0 Å². The number of ether oxygens (including phenoxy) is 1. The highest BCUT2D eigenvalue weighted by molar-refractivity contribution is 8.00. The Morgan fingerprint density at radius 3 is 2.52 bits per heavy atom. The zero-order valence-electron chi connectivity index (χ0n) is 13.8. The molecular formula is C18H17N3O3S. The zero-order valence-corrected chi connectivity index (χ0v) is 14.6. The van der Waals surface area contributed by atoms with Crippen LogP contribution in [0.4, 0.5) is 0 Å². The molecule has 3 rings (SSSR count). The largest absolute Gasteiger partial charge is 0.497 e. The third-order valence-electron chi connectivity index (χ3n) is 3.76. The van der Waals surface area contributed by atoms with Gasteiger partial charge in [0.15, 0.2) is 5.16 Å². The molecule has 6 nitrogen and oxygen atoms in total. The maximum absolute atomic E-state index is 13.0. The summed E-state index contributed by atoms with van der Waals surface area (Å²) in [5, 5.41) is 0.409. The third kappa shape index (κ3) is 3.36. The van der Waals surface area contributed by atoms with E-state index in [4.69, 9.17) is 10.5 Å². The smallest absolute Gasteiger partial charge is 0.266 e. The Morgan fingerprint density at radius 1 is 1.20 bits per heavy atom. The molecule has 1 atom stereocenters. The van der Waals surface area contributed by atoms with Crippen LogP contribution in [0.1, 0.15) is 6.92 Å². The summed E-state index contributed by atoms with van der Waals surface area (Å²) in [6.07, 6.45) is 0. The van der Waals surface area contributed by atoms with E-state index in [-0.39, 0.29) is 5.56 Å². The van der Waals surface area contributed by atoms with Gasteiger partial charge in [-0.3, -0.25) is 14.2 Å². The molecule has 0 aliphatic carbocycles. The van der Waals surface area contributed by atoms with Gasteiger partial charge in [-0.1, -0.05) is 23.9 Å². The van der Waals surface area contributed by atoms with Crippen molar-refractivity contribution in [1.82, 2.24) is 9.55 Å². The molecule has 7 heteroatoms. The first-order valence-electron chi connectivity index (χ1n) is 7.63. The first kappa shape index (κ1) is 17.0. The molecule has 0 saturated heterocycles. The highest BCUT2D eigenvalue weighted by Crippen LogP contribution is 2.25. The van der Waals surface area contributed by atoms with Crippen molar-refractivity contribution in [3.05, 3.63) is 58.9 Å². The summed E-state index contributed by atoms with van der Waals surface area (Å²) in [7, 11) is 1.58. The third-order valence-corrected chi connectivity index (χ3v) is 4.83. The van der Waals surface area contributed by atoms with Gasteiger partial charge in [-0.15, -0.1) is 0 Å². The molecule has 128 valence electrons. The second-order valence-corrected chi connectivity index (χ2v) is 6.72. The number of rotatable bonds is 5. The highest BCUT2D eigenvalue weighted by atomic mass is 32.2. The molecule has 0 aliphatic heterocycles. The maximum Gasteiger partial charge on any atom is 0.266 e. The first-order chi connectivity index (χ1) is 12.0. The fourth-order valence-electron chi connectivity index (χ4n) is 2.37. The van der Waals surface area contributed by atoms with E-state index >= 15 is 0 Å². The number of aromatic nitrogens is 2. The number of methoxy groups -OCH3 is 1. The number of nitrogens with two attached hydrogens (primary N) is 1. The average molecular weight is 355 g/mol. The Hall–Kier alpha value is -2.80. The predicted molar refractivity (Wildman–Crippen MR) is 98.4 cm³/mol. The van der Waals surface area contributed by atoms with Crippen molar-refractivity contribution >= 4 is 28.6 Å². The van der Waals surface area contributed by atoms with Crippen molar-refractivity contribution in [2.75, 3.05) is 7.11 Å². The molecule has 25 heavy (non-hydrogen) atoms.